The van der Waals surface area contributed by atoms with Crippen molar-refractivity contribution in [3.8, 4) is 0 Å². The van der Waals surface area contributed by atoms with E-state index in [1.54, 1.807) is 24.3 Å². The number of carbonyl (C=O) groups excluding carboxylic acids is 2. The van der Waals surface area contributed by atoms with Gasteiger partial charge in [0.25, 0.3) is 0 Å². The first-order valence-electron chi connectivity index (χ1n) is 6.62. The molecule has 22 heavy (non-hydrogen) atoms. The van der Waals surface area contributed by atoms with E-state index in [4.69, 9.17) is 11.6 Å². The SMILES string of the molecule is O=C(NCc1ccccc1Cl)[C@@H]1CC(=O)N(CC(F)(F)F)C1. The number of benzene rings is 1. The standard InChI is InChI=1S/C14H14ClF3N2O2/c15-11-4-2-1-3-9(11)6-19-13(22)10-5-12(21)20(7-10)8-14(16,17)18/h1-4,10H,5-8H2,(H,19,22)/t10-/m1/s1. The summed E-state index contributed by atoms with van der Waals surface area (Å²) < 4.78 is 36.9. The second kappa shape index (κ2) is 6.56. The van der Waals surface area contributed by atoms with Crippen LogP contribution in [0.5, 0.6) is 0 Å². The molecular formula is C14H14ClF3N2O2. The number of hydrogen-bond donors (Lipinski definition) is 1. The maximum absolute atomic E-state index is 12.3. The number of rotatable bonds is 4. The highest BCUT2D eigenvalue weighted by atomic mass is 35.5. The van der Waals surface area contributed by atoms with Gasteiger partial charge in [0.2, 0.25) is 11.8 Å². The summed E-state index contributed by atoms with van der Waals surface area (Å²) in [4.78, 5) is 24.2. The van der Waals surface area contributed by atoms with Crippen LogP contribution in [0.2, 0.25) is 5.02 Å². The van der Waals surface area contributed by atoms with Crippen LogP contribution in [0.15, 0.2) is 24.3 Å². The zero-order chi connectivity index (χ0) is 16.3. The van der Waals surface area contributed by atoms with Gasteiger partial charge in [-0.25, -0.2) is 0 Å². The molecule has 1 aromatic rings. The molecule has 1 atom stereocenters. The van der Waals surface area contributed by atoms with Crippen LogP contribution in [0, 0.1) is 5.92 Å². The van der Waals surface area contributed by atoms with E-state index >= 15 is 0 Å². The minimum absolute atomic E-state index is 0.169. The van der Waals surface area contributed by atoms with Crippen LogP contribution in [-0.4, -0.2) is 36.0 Å². The fourth-order valence-electron chi connectivity index (χ4n) is 2.29. The minimum Gasteiger partial charge on any atom is -0.352 e. The molecule has 1 aliphatic rings. The Hall–Kier alpha value is -1.76. The average Bonchev–Trinajstić information content (AvgIpc) is 2.77. The zero-order valence-electron chi connectivity index (χ0n) is 11.5. The maximum Gasteiger partial charge on any atom is 0.406 e. The van der Waals surface area contributed by atoms with Crippen LogP contribution in [0.4, 0.5) is 13.2 Å². The predicted molar refractivity (Wildman–Crippen MR) is 74.0 cm³/mol. The molecule has 120 valence electrons. The highest BCUT2D eigenvalue weighted by Gasteiger charge is 2.40. The monoisotopic (exact) mass is 334 g/mol. The van der Waals surface area contributed by atoms with E-state index in [1.807, 2.05) is 0 Å². The highest BCUT2D eigenvalue weighted by Crippen LogP contribution is 2.24. The Bertz CT molecular complexity index is 577. The number of likely N-dealkylation sites (tertiary alicyclic amines) is 1. The third-order valence-electron chi connectivity index (χ3n) is 3.37. The summed E-state index contributed by atoms with van der Waals surface area (Å²) in [6.45, 7) is -1.37. The fourth-order valence-corrected chi connectivity index (χ4v) is 2.49. The first-order chi connectivity index (χ1) is 10.3. The lowest BCUT2D eigenvalue weighted by Crippen LogP contribution is -2.37. The van der Waals surface area contributed by atoms with Gasteiger partial charge in [-0.1, -0.05) is 29.8 Å². The smallest absolute Gasteiger partial charge is 0.352 e. The Kier molecular flexibility index (Phi) is 4.95. The molecule has 8 heteroatoms. The molecule has 4 nitrogen and oxygen atoms in total. The van der Waals surface area contributed by atoms with E-state index in [-0.39, 0.29) is 19.5 Å². The second-order valence-electron chi connectivity index (χ2n) is 5.10. The van der Waals surface area contributed by atoms with Gasteiger partial charge in [-0.15, -0.1) is 0 Å². The van der Waals surface area contributed by atoms with Crippen molar-refractivity contribution in [3.63, 3.8) is 0 Å². The van der Waals surface area contributed by atoms with Gasteiger partial charge in [0.05, 0.1) is 5.92 Å². The molecule has 0 spiro atoms. The molecule has 0 bridgehead atoms. The van der Waals surface area contributed by atoms with Crippen molar-refractivity contribution in [2.75, 3.05) is 13.1 Å². The average molecular weight is 335 g/mol. The van der Waals surface area contributed by atoms with Crippen molar-refractivity contribution in [1.82, 2.24) is 10.2 Å². The number of hydrogen-bond acceptors (Lipinski definition) is 2. The first-order valence-corrected chi connectivity index (χ1v) is 6.99. The van der Waals surface area contributed by atoms with Gasteiger partial charge in [-0.05, 0) is 11.6 Å². The van der Waals surface area contributed by atoms with E-state index in [9.17, 15) is 22.8 Å². The van der Waals surface area contributed by atoms with Gasteiger partial charge in [-0.2, -0.15) is 13.2 Å². The largest absolute Gasteiger partial charge is 0.406 e. The lowest BCUT2D eigenvalue weighted by Gasteiger charge is -2.18. The van der Waals surface area contributed by atoms with Gasteiger partial charge in [0, 0.05) is 24.5 Å². The lowest BCUT2D eigenvalue weighted by atomic mass is 10.1. The topological polar surface area (TPSA) is 49.4 Å². The first kappa shape index (κ1) is 16.6. The summed E-state index contributed by atoms with van der Waals surface area (Å²) in [6, 6.07) is 6.92. The molecule has 1 aromatic carbocycles. The van der Waals surface area contributed by atoms with Crippen LogP contribution < -0.4 is 5.32 Å². The Morgan fingerprint density at radius 1 is 1.36 bits per heavy atom. The molecule has 0 radical (unpaired) electrons. The third-order valence-corrected chi connectivity index (χ3v) is 3.74. The molecule has 2 amide bonds. The van der Waals surface area contributed by atoms with E-state index in [1.165, 1.54) is 0 Å². The molecule has 1 saturated heterocycles. The molecule has 0 unspecified atom stereocenters. The molecule has 1 heterocycles. The fraction of sp³-hybridized carbons (Fsp3) is 0.429. The summed E-state index contributed by atoms with van der Waals surface area (Å²) in [5.74, 6) is -1.87. The van der Waals surface area contributed by atoms with Gasteiger partial charge in [0.15, 0.2) is 0 Å². The van der Waals surface area contributed by atoms with Crippen LogP contribution in [0.3, 0.4) is 0 Å². The highest BCUT2D eigenvalue weighted by molar-refractivity contribution is 6.31. The van der Waals surface area contributed by atoms with E-state index in [0.29, 0.717) is 15.5 Å². The number of amides is 2. The van der Waals surface area contributed by atoms with Gasteiger partial charge in [-0.3, -0.25) is 9.59 Å². The predicted octanol–water partition coefficient (Wildman–Crippen LogP) is 2.37. The number of nitrogens with zero attached hydrogens (tertiary/aromatic N) is 1. The normalized spacial score (nSPS) is 18.6. The summed E-state index contributed by atoms with van der Waals surface area (Å²) in [6.07, 6.45) is -4.66. The van der Waals surface area contributed by atoms with Gasteiger partial charge in [0.1, 0.15) is 6.54 Å². The molecule has 1 N–H and O–H groups in total. The molecule has 0 saturated carbocycles. The van der Waals surface area contributed by atoms with Crippen LogP contribution in [-0.2, 0) is 16.1 Å². The summed E-state index contributed by atoms with van der Waals surface area (Å²) in [5.41, 5.74) is 0.703. The molecule has 1 fully saturated rings. The number of nitrogens with one attached hydrogen (secondary N) is 1. The molecule has 1 aliphatic heterocycles. The number of carbonyl (C=O) groups is 2. The Labute approximate surface area is 130 Å². The Morgan fingerprint density at radius 2 is 2.05 bits per heavy atom. The van der Waals surface area contributed by atoms with Gasteiger partial charge >= 0.3 is 6.18 Å². The van der Waals surface area contributed by atoms with Crippen molar-refractivity contribution in [3.05, 3.63) is 34.9 Å². The van der Waals surface area contributed by atoms with Crippen molar-refractivity contribution in [1.29, 1.82) is 0 Å². The second-order valence-corrected chi connectivity index (χ2v) is 5.51. The summed E-state index contributed by atoms with van der Waals surface area (Å²) >= 11 is 5.95. The van der Waals surface area contributed by atoms with Crippen LogP contribution in [0.25, 0.3) is 0 Å². The Morgan fingerprint density at radius 3 is 2.68 bits per heavy atom. The quantitative estimate of drug-likeness (QED) is 0.919. The van der Waals surface area contributed by atoms with Crippen LogP contribution >= 0.6 is 11.6 Å². The number of alkyl halides is 3. The van der Waals surface area contributed by atoms with E-state index in [2.05, 4.69) is 5.32 Å². The maximum atomic E-state index is 12.3. The van der Waals surface area contributed by atoms with E-state index in [0.717, 1.165) is 0 Å². The summed E-state index contributed by atoms with van der Waals surface area (Å²) in [5, 5.41) is 3.09. The molecular weight excluding hydrogens is 321 g/mol. The minimum atomic E-state index is -4.46. The molecule has 0 aliphatic carbocycles. The van der Waals surface area contributed by atoms with Crippen molar-refractivity contribution < 1.29 is 22.8 Å². The lowest BCUT2D eigenvalue weighted by molar-refractivity contribution is -0.157. The van der Waals surface area contributed by atoms with Crippen molar-refractivity contribution >= 4 is 23.4 Å². The Balaban J connectivity index is 1.89. The number of halogens is 4. The van der Waals surface area contributed by atoms with Crippen molar-refractivity contribution in [2.45, 2.75) is 19.1 Å². The van der Waals surface area contributed by atoms with Crippen LogP contribution in [0.1, 0.15) is 12.0 Å². The summed E-state index contributed by atoms with van der Waals surface area (Å²) in [7, 11) is 0. The zero-order valence-corrected chi connectivity index (χ0v) is 12.2. The third kappa shape index (κ3) is 4.37. The van der Waals surface area contributed by atoms with E-state index < -0.39 is 30.5 Å². The van der Waals surface area contributed by atoms with Gasteiger partial charge < -0.3 is 10.2 Å². The van der Waals surface area contributed by atoms with Crippen molar-refractivity contribution in [2.24, 2.45) is 5.92 Å². The molecule has 2 rings (SSSR count). The molecule has 0 aromatic heterocycles.